The smallest absolute Gasteiger partial charge is 0.00956 e. The Labute approximate surface area is 187 Å². The molecule has 0 spiro atoms. The van der Waals surface area contributed by atoms with Gasteiger partial charge in [0.2, 0.25) is 0 Å². The summed E-state index contributed by atoms with van der Waals surface area (Å²) in [4.78, 5) is 0. The zero-order valence-electron chi connectivity index (χ0n) is 17.2. The van der Waals surface area contributed by atoms with Crippen LogP contribution in [0.15, 0.2) is 69.9 Å². The maximum absolute atomic E-state index is 3.36. The zero-order valence-corrected chi connectivity index (χ0v) is 21.5. The second-order valence-corrected chi connectivity index (χ2v) is 6.93. The van der Waals surface area contributed by atoms with E-state index in [1.54, 1.807) is 11.3 Å². The molecule has 142 valence electrons. The Balaban J connectivity index is 0.000000460. The minimum atomic E-state index is 0. The van der Waals surface area contributed by atoms with E-state index in [-0.39, 0.29) is 14.9 Å². The molecule has 0 nitrogen and oxygen atoms in total. The Bertz CT molecular complexity index is 884. The van der Waals surface area contributed by atoms with Crippen LogP contribution < -0.4 is 0 Å². The van der Waals surface area contributed by atoms with Crippen molar-refractivity contribution in [1.29, 1.82) is 0 Å². The molecule has 1 aliphatic rings. The van der Waals surface area contributed by atoms with Gasteiger partial charge in [0.05, 0.1) is 0 Å². The van der Waals surface area contributed by atoms with Gasteiger partial charge in [0, 0.05) is 0 Å². The van der Waals surface area contributed by atoms with Gasteiger partial charge >= 0.3 is 30.2 Å². The molecule has 0 amide bonds. The van der Waals surface area contributed by atoms with E-state index in [9.17, 15) is 0 Å². The third kappa shape index (κ3) is 6.31. The van der Waals surface area contributed by atoms with Gasteiger partial charge in [-0.25, -0.2) is 5.57 Å². The Morgan fingerprint density at radius 1 is 1.07 bits per heavy atom. The fourth-order valence-electron chi connectivity index (χ4n) is 2.98. The zero-order chi connectivity index (χ0) is 18.4. The first-order valence-corrected chi connectivity index (χ1v) is 13.4. The third-order valence-electron chi connectivity index (χ3n) is 4.75. The summed E-state index contributed by atoms with van der Waals surface area (Å²) in [7, 11) is 0. The first-order chi connectivity index (χ1) is 12.1. The van der Waals surface area contributed by atoms with E-state index in [1.807, 2.05) is 0 Å². The molecular formula is C24H28SSiZr-4. The van der Waals surface area contributed by atoms with Crippen LogP contribution in [0.5, 0.6) is 0 Å². The molecule has 0 saturated heterocycles. The van der Waals surface area contributed by atoms with Crippen LogP contribution in [0.3, 0.4) is 0 Å². The van der Waals surface area contributed by atoms with Crippen molar-refractivity contribution < 1.29 is 23.3 Å². The molecule has 0 saturated carbocycles. The largest absolute Gasteiger partial charge is 0.153 e. The van der Waals surface area contributed by atoms with Gasteiger partial charge in [-0.05, 0) is 10.8 Å². The number of thiophene rings is 1. The van der Waals surface area contributed by atoms with Crippen molar-refractivity contribution in [3.63, 3.8) is 0 Å². The summed E-state index contributed by atoms with van der Waals surface area (Å²) in [6.45, 7) is 11.7. The van der Waals surface area contributed by atoms with Gasteiger partial charge in [0.15, 0.2) is 0 Å². The fourth-order valence-corrected chi connectivity index (χ4v) is 3.64. The van der Waals surface area contributed by atoms with Crippen LogP contribution in [-0.4, -0.2) is 6.88 Å². The molecular weight excluding hydrogens is 440 g/mol. The molecule has 0 fully saturated rings. The molecule has 3 aromatic rings. The number of hydrogen-bond acceptors (Lipinski definition) is 1. The van der Waals surface area contributed by atoms with Gasteiger partial charge in [0.25, 0.3) is 0 Å². The molecule has 27 heavy (non-hydrogen) atoms. The van der Waals surface area contributed by atoms with E-state index in [2.05, 4.69) is 93.9 Å². The predicted molar refractivity (Wildman–Crippen MR) is 121 cm³/mol. The average molecular weight is 468 g/mol. The topological polar surface area (TPSA) is 0 Å². The Hall–Kier alpha value is -0.890. The van der Waals surface area contributed by atoms with Gasteiger partial charge in [-0.15, -0.1) is 53.6 Å². The Kier molecular flexibility index (Phi) is 12.1. The Morgan fingerprint density at radius 3 is 2.22 bits per heavy atom. The number of rotatable bonds is 1. The molecule has 1 aliphatic carbocycles. The molecule has 2 radical (unpaired) electrons. The summed E-state index contributed by atoms with van der Waals surface area (Å²) in [6.07, 6.45) is 3.36. The first kappa shape index (κ1) is 26.1. The normalized spacial score (nSPS) is 14.8. The molecule has 3 heteroatoms. The van der Waals surface area contributed by atoms with Crippen molar-refractivity contribution in [3.05, 3.63) is 90.9 Å². The molecule has 1 aromatic heterocycles. The number of fused-ring (bicyclic) bond motifs is 1. The van der Waals surface area contributed by atoms with Crippen molar-refractivity contribution in [2.45, 2.75) is 27.7 Å². The maximum Gasteiger partial charge on any atom is -0.00956 e. The standard InChI is InChI=1S/C13H9S.C9H13.2CH3.Si.Zr/c1-2-4-12-10(3-1)5-6-13(12)11-7-8-14-9-11;1-6-5-7(2)9(4)8(6)3;;;;/h1-9H;6H,1-4H3;2*1H3;;/q4*-1;;. The van der Waals surface area contributed by atoms with Crippen LogP contribution in [0.4, 0.5) is 0 Å². The SMILES string of the molecule is CC1=[C-]C(C)C(C)=C1C.[CH3-].[CH3-].[Si]=[Zr].c1ccc2c(-c3ccsc3)c[cH-]c2c1. The first-order valence-electron chi connectivity index (χ1n) is 8.27. The van der Waals surface area contributed by atoms with Gasteiger partial charge in [-0.2, -0.15) is 22.5 Å². The van der Waals surface area contributed by atoms with E-state index in [0.29, 0.717) is 5.92 Å². The monoisotopic (exact) mass is 466 g/mol. The molecule has 4 rings (SSSR count). The summed E-state index contributed by atoms with van der Waals surface area (Å²) in [5.74, 6) is 0.560. The molecule has 0 N–H and O–H groups in total. The van der Waals surface area contributed by atoms with Crippen molar-refractivity contribution in [1.82, 2.24) is 0 Å². The van der Waals surface area contributed by atoms with Crippen LogP contribution in [-0.2, 0) is 23.3 Å². The minimum absolute atomic E-state index is 0. The van der Waals surface area contributed by atoms with Gasteiger partial charge in [-0.3, -0.25) is 6.08 Å². The van der Waals surface area contributed by atoms with Crippen LogP contribution in [0.25, 0.3) is 21.9 Å². The van der Waals surface area contributed by atoms with Crippen molar-refractivity contribution in [2.75, 3.05) is 0 Å². The maximum atomic E-state index is 3.36. The second-order valence-electron chi connectivity index (χ2n) is 6.15. The van der Waals surface area contributed by atoms with Crippen LogP contribution in [0, 0.1) is 26.8 Å². The quantitative estimate of drug-likeness (QED) is 0.256. The van der Waals surface area contributed by atoms with Gasteiger partial charge in [-0.1, -0.05) is 44.4 Å². The molecule has 2 aromatic carbocycles. The summed E-state index contributed by atoms with van der Waals surface area (Å²) >= 11 is 3.10. The van der Waals surface area contributed by atoms with Gasteiger partial charge in [0.1, 0.15) is 0 Å². The Morgan fingerprint density at radius 2 is 1.74 bits per heavy atom. The van der Waals surface area contributed by atoms with Crippen molar-refractivity contribution >= 4 is 29.0 Å². The molecule has 0 aliphatic heterocycles. The summed E-state index contributed by atoms with van der Waals surface area (Å²) in [5, 5.41) is 7.00. The van der Waals surface area contributed by atoms with Crippen molar-refractivity contribution in [2.24, 2.45) is 5.92 Å². The van der Waals surface area contributed by atoms with E-state index < -0.39 is 0 Å². The van der Waals surface area contributed by atoms with E-state index >= 15 is 0 Å². The van der Waals surface area contributed by atoms with Gasteiger partial charge < -0.3 is 14.9 Å². The summed E-state index contributed by atoms with van der Waals surface area (Å²) in [6, 6.07) is 15.1. The number of allylic oxidation sites excluding steroid dienone is 4. The molecule has 1 unspecified atom stereocenters. The van der Waals surface area contributed by atoms with E-state index in [4.69, 9.17) is 0 Å². The number of hydrogen-bond donors (Lipinski definition) is 0. The van der Waals surface area contributed by atoms with Crippen LogP contribution >= 0.6 is 11.3 Å². The molecule has 1 atom stereocenters. The minimum Gasteiger partial charge on any atom is -0.153 e. The summed E-state index contributed by atoms with van der Waals surface area (Å²) in [5.41, 5.74) is 6.92. The molecule has 0 bridgehead atoms. The summed E-state index contributed by atoms with van der Waals surface area (Å²) < 4.78 is 0. The third-order valence-corrected chi connectivity index (χ3v) is 5.43. The van der Waals surface area contributed by atoms with E-state index in [0.717, 1.165) is 0 Å². The molecule has 1 heterocycles. The van der Waals surface area contributed by atoms with Crippen LogP contribution in [0.2, 0.25) is 0 Å². The predicted octanol–water partition coefficient (Wildman–Crippen LogP) is 7.53. The number of benzene rings is 1. The average Bonchev–Trinajstić information content (AvgIpc) is 3.35. The fraction of sp³-hybridized carbons (Fsp3) is 0.208. The van der Waals surface area contributed by atoms with E-state index in [1.165, 1.54) is 62.0 Å². The van der Waals surface area contributed by atoms with Crippen LogP contribution in [0.1, 0.15) is 27.7 Å². The second kappa shape index (κ2) is 12.5. The van der Waals surface area contributed by atoms with Crippen molar-refractivity contribution in [3.8, 4) is 11.1 Å².